The first-order chi connectivity index (χ1) is 14.7. The maximum Gasteiger partial charge on any atom is 0.274 e. The molecule has 5 rings (SSSR count). The van der Waals surface area contributed by atoms with Crippen molar-refractivity contribution in [2.45, 2.75) is 13.5 Å². The van der Waals surface area contributed by atoms with Crippen molar-refractivity contribution < 1.29 is 18.8 Å². The Balaban J connectivity index is 1.33. The summed E-state index contributed by atoms with van der Waals surface area (Å²) in [6.45, 7) is 2.33. The Kier molecular flexibility index (Phi) is 4.44. The molecule has 2 aromatic heterocycles. The van der Waals surface area contributed by atoms with Crippen LogP contribution in [0.15, 0.2) is 65.3 Å². The van der Waals surface area contributed by atoms with Gasteiger partial charge in [-0.2, -0.15) is 4.98 Å². The van der Waals surface area contributed by atoms with Gasteiger partial charge < -0.3 is 23.9 Å². The first-order valence-corrected chi connectivity index (χ1v) is 9.41. The van der Waals surface area contributed by atoms with E-state index in [4.69, 9.17) is 14.0 Å². The van der Waals surface area contributed by atoms with Gasteiger partial charge in [-0.25, -0.2) is 0 Å². The van der Waals surface area contributed by atoms with Crippen LogP contribution < -0.4 is 14.8 Å². The van der Waals surface area contributed by atoms with Gasteiger partial charge in [-0.1, -0.05) is 22.9 Å². The molecule has 0 saturated heterocycles. The Morgan fingerprint density at radius 3 is 2.80 bits per heavy atom. The molecule has 1 aliphatic heterocycles. The second-order valence-corrected chi connectivity index (χ2v) is 6.93. The van der Waals surface area contributed by atoms with Crippen LogP contribution in [0.25, 0.3) is 23.0 Å². The number of fused-ring (bicyclic) bond motifs is 1. The number of carbonyl (C=O) groups excluding carboxylic acids is 1. The number of hydrogen-bond donors (Lipinski definition) is 1. The molecule has 1 amide bonds. The summed E-state index contributed by atoms with van der Waals surface area (Å²) in [6.07, 6.45) is 1.80. The van der Waals surface area contributed by atoms with Crippen LogP contribution in [0.5, 0.6) is 11.5 Å². The number of benzene rings is 2. The van der Waals surface area contributed by atoms with Crippen molar-refractivity contribution in [1.29, 1.82) is 0 Å². The highest BCUT2D eigenvalue weighted by Crippen LogP contribution is 2.35. The Bertz CT molecular complexity index is 1210. The van der Waals surface area contributed by atoms with Crippen LogP contribution in [-0.2, 0) is 11.3 Å². The van der Waals surface area contributed by atoms with Gasteiger partial charge >= 0.3 is 0 Å². The maximum absolute atomic E-state index is 12.5. The zero-order valence-electron chi connectivity index (χ0n) is 16.2. The fourth-order valence-electron chi connectivity index (χ4n) is 3.22. The summed E-state index contributed by atoms with van der Waals surface area (Å²) >= 11 is 0. The molecule has 0 saturated carbocycles. The second-order valence-electron chi connectivity index (χ2n) is 6.93. The smallest absolute Gasteiger partial charge is 0.274 e. The summed E-state index contributed by atoms with van der Waals surface area (Å²) < 4.78 is 17.9. The van der Waals surface area contributed by atoms with Crippen molar-refractivity contribution in [2.24, 2.45) is 0 Å². The van der Waals surface area contributed by atoms with Crippen molar-refractivity contribution in [2.75, 3.05) is 12.1 Å². The molecule has 30 heavy (non-hydrogen) atoms. The van der Waals surface area contributed by atoms with Gasteiger partial charge in [-0.3, -0.25) is 4.79 Å². The molecule has 0 atom stereocenters. The minimum absolute atomic E-state index is 0.123. The number of carbonyl (C=O) groups is 1. The molecule has 0 aliphatic carbocycles. The number of ether oxygens (including phenoxy) is 2. The molecule has 8 nitrogen and oxygen atoms in total. The van der Waals surface area contributed by atoms with Crippen molar-refractivity contribution in [1.82, 2.24) is 14.7 Å². The monoisotopic (exact) mass is 402 g/mol. The highest BCUT2D eigenvalue weighted by atomic mass is 16.7. The lowest BCUT2D eigenvalue weighted by molar-refractivity contribution is -0.116. The van der Waals surface area contributed by atoms with E-state index in [0.29, 0.717) is 28.9 Å². The van der Waals surface area contributed by atoms with Crippen molar-refractivity contribution in [3.8, 4) is 34.5 Å². The Morgan fingerprint density at radius 2 is 1.93 bits per heavy atom. The molecule has 8 heteroatoms. The van der Waals surface area contributed by atoms with Crippen LogP contribution in [-0.4, -0.2) is 27.4 Å². The highest BCUT2D eigenvalue weighted by molar-refractivity contribution is 5.90. The molecule has 0 bridgehead atoms. The van der Waals surface area contributed by atoms with E-state index < -0.39 is 0 Å². The Morgan fingerprint density at radius 1 is 1.10 bits per heavy atom. The third-order valence-corrected chi connectivity index (χ3v) is 4.75. The molecular weight excluding hydrogens is 384 g/mol. The van der Waals surface area contributed by atoms with Crippen LogP contribution in [0, 0.1) is 6.92 Å². The summed E-state index contributed by atoms with van der Waals surface area (Å²) in [6, 6.07) is 16.8. The van der Waals surface area contributed by atoms with Crippen LogP contribution in [0.2, 0.25) is 0 Å². The van der Waals surface area contributed by atoms with E-state index in [0.717, 1.165) is 16.8 Å². The zero-order valence-corrected chi connectivity index (χ0v) is 16.2. The van der Waals surface area contributed by atoms with E-state index in [1.165, 1.54) is 0 Å². The van der Waals surface area contributed by atoms with E-state index >= 15 is 0 Å². The van der Waals surface area contributed by atoms with Crippen molar-refractivity contribution in [3.05, 3.63) is 66.4 Å². The minimum Gasteiger partial charge on any atom is -0.454 e. The molecule has 0 unspecified atom stereocenters. The largest absolute Gasteiger partial charge is 0.454 e. The number of aromatic nitrogens is 3. The molecule has 150 valence electrons. The third-order valence-electron chi connectivity index (χ3n) is 4.75. The van der Waals surface area contributed by atoms with Gasteiger partial charge in [0.1, 0.15) is 12.2 Å². The van der Waals surface area contributed by atoms with Crippen molar-refractivity contribution in [3.63, 3.8) is 0 Å². The number of amides is 1. The predicted octanol–water partition coefficient (Wildman–Crippen LogP) is 3.88. The van der Waals surface area contributed by atoms with E-state index in [2.05, 4.69) is 15.5 Å². The van der Waals surface area contributed by atoms with Gasteiger partial charge in [0.15, 0.2) is 11.5 Å². The normalized spacial score (nSPS) is 12.2. The fraction of sp³-hybridized carbons (Fsp3) is 0.136. The lowest BCUT2D eigenvalue weighted by Gasteiger charge is -2.08. The Hall–Kier alpha value is -4.07. The van der Waals surface area contributed by atoms with Gasteiger partial charge in [0.25, 0.3) is 5.89 Å². The summed E-state index contributed by atoms with van der Waals surface area (Å²) in [7, 11) is 0. The standard InChI is InChI=1S/C22H18N4O4/c1-14-4-7-16(8-5-14)23-20(27)12-26-10-2-3-17(26)22-24-21(25-30-22)15-6-9-18-19(11-15)29-13-28-18/h2-11H,12-13H2,1H3,(H,23,27). The topological polar surface area (TPSA) is 91.4 Å². The van der Waals surface area contributed by atoms with Crippen LogP contribution >= 0.6 is 0 Å². The first kappa shape index (κ1) is 18.0. The van der Waals surface area contributed by atoms with Crippen molar-refractivity contribution >= 4 is 11.6 Å². The third kappa shape index (κ3) is 3.50. The lowest BCUT2D eigenvalue weighted by atomic mass is 10.2. The number of aryl methyl sites for hydroxylation is 1. The summed E-state index contributed by atoms with van der Waals surface area (Å²) in [5.74, 6) is 1.95. The predicted molar refractivity (Wildman–Crippen MR) is 109 cm³/mol. The number of rotatable bonds is 5. The highest BCUT2D eigenvalue weighted by Gasteiger charge is 2.18. The first-order valence-electron chi connectivity index (χ1n) is 9.41. The van der Waals surface area contributed by atoms with E-state index in [9.17, 15) is 4.79 Å². The molecule has 0 radical (unpaired) electrons. The van der Waals surface area contributed by atoms with Gasteiger partial charge in [-0.15, -0.1) is 0 Å². The van der Waals surface area contributed by atoms with E-state index in [1.54, 1.807) is 10.8 Å². The van der Waals surface area contributed by atoms with E-state index in [1.807, 2.05) is 61.5 Å². The van der Waals surface area contributed by atoms with Gasteiger partial charge in [0, 0.05) is 17.4 Å². The SMILES string of the molecule is Cc1ccc(NC(=O)Cn2cccc2-c2nc(-c3ccc4c(c3)OCO4)no2)cc1. The second kappa shape index (κ2) is 7.40. The van der Waals surface area contributed by atoms with Crippen LogP contribution in [0.3, 0.4) is 0 Å². The zero-order chi connectivity index (χ0) is 20.5. The lowest BCUT2D eigenvalue weighted by Crippen LogP contribution is -2.18. The van der Waals surface area contributed by atoms with Gasteiger partial charge in [-0.05, 0) is 49.4 Å². The molecule has 3 heterocycles. The molecule has 1 N–H and O–H groups in total. The fourth-order valence-corrected chi connectivity index (χ4v) is 3.22. The molecule has 4 aromatic rings. The number of anilines is 1. The molecular formula is C22H18N4O4. The minimum atomic E-state index is -0.146. The molecule has 1 aliphatic rings. The van der Waals surface area contributed by atoms with Crippen LogP contribution in [0.4, 0.5) is 5.69 Å². The number of nitrogens with one attached hydrogen (secondary N) is 1. The Labute approximate surface area is 172 Å². The van der Waals surface area contributed by atoms with Gasteiger partial charge in [0.05, 0.1) is 0 Å². The van der Waals surface area contributed by atoms with E-state index in [-0.39, 0.29) is 19.2 Å². The maximum atomic E-state index is 12.5. The quantitative estimate of drug-likeness (QED) is 0.545. The number of nitrogens with zero attached hydrogens (tertiary/aromatic N) is 3. The van der Waals surface area contributed by atoms with Gasteiger partial charge in [0.2, 0.25) is 18.5 Å². The molecule has 0 fully saturated rings. The summed E-state index contributed by atoms with van der Waals surface area (Å²) in [5, 5.41) is 6.96. The van der Waals surface area contributed by atoms with Crippen LogP contribution in [0.1, 0.15) is 5.56 Å². The molecule has 0 spiro atoms. The average Bonchev–Trinajstić information content (AvgIpc) is 3.49. The summed E-state index contributed by atoms with van der Waals surface area (Å²) in [4.78, 5) is 16.9. The molecule has 2 aromatic carbocycles. The average molecular weight is 402 g/mol. The number of hydrogen-bond acceptors (Lipinski definition) is 6. The summed E-state index contributed by atoms with van der Waals surface area (Å²) in [5.41, 5.74) is 3.30.